The molecular weight excluding hydrogens is 328 g/mol. The number of hydrogen-bond acceptors (Lipinski definition) is 3. The lowest BCUT2D eigenvalue weighted by molar-refractivity contribution is 0.354. The van der Waals surface area contributed by atoms with E-state index in [0.29, 0.717) is 17.9 Å². The Hall–Kier alpha value is -0.390. The van der Waals surface area contributed by atoms with Gasteiger partial charge in [-0.05, 0) is 61.8 Å². The Morgan fingerprint density at radius 2 is 2.19 bits per heavy atom. The molecule has 1 saturated carbocycles. The Kier molecular flexibility index (Phi) is 6.26. The molecule has 0 amide bonds. The third kappa shape index (κ3) is 4.08. The lowest BCUT2D eigenvalue weighted by Crippen LogP contribution is -2.33. The van der Waals surface area contributed by atoms with Crippen molar-refractivity contribution in [1.29, 1.82) is 0 Å². The summed E-state index contributed by atoms with van der Waals surface area (Å²) in [5.74, 6) is 1.28. The highest BCUT2D eigenvalue weighted by Crippen LogP contribution is 2.42. The molecule has 0 bridgehead atoms. The van der Waals surface area contributed by atoms with Gasteiger partial charge >= 0.3 is 0 Å². The summed E-state index contributed by atoms with van der Waals surface area (Å²) in [7, 11) is 4.22. The Morgan fingerprint density at radius 3 is 2.86 bits per heavy atom. The van der Waals surface area contributed by atoms with E-state index in [1.54, 1.807) is 0 Å². The van der Waals surface area contributed by atoms with Crippen LogP contribution in [-0.4, -0.2) is 47.9 Å². The van der Waals surface area contributed by atoms with Crippen molar-refractivity contribution >= 4 is 15.9 Å². The quantitative estimate of drug-likeness (QED) is 0.814. The van der Waals surface area contributed by atoms with Gasteiger partial charge in [-0.2, -0.15) is 5.10 Å². The third-order valence-corrected chi connectivity index (χ3v) is 5.27. The van der Waals surface area contributed by atoms with Gasteiger partial charge in [-0.15, -0.1) is 0 Å². The normalized spacial score (nSPS) is 25.9. The van der Waals surface area contributed by atoms with Crippen molar-refractivity contribution in [3.63, 3.8) is 0 Å². The lowest BCUT2D eigenvalue weighted by atomic mass is 9.92. The predicted molar refractivity (Wildman–Crippen MR) is 91.7 cm³/mol. The van der Waals surface area contributed by atoms with E-state index in [4.69, 9.17) is 0 Å². The maximum absolute atomic E-state index is 4.58. The topological polar surface area (TPSA) is 33.1 Å². The number of rotatable bonds is 7. The van der Waals surface area contributed by atoms with Crippen LogP contribution >= 0.6 is 15.9 Å². The minimum Gasteiger partial charge on any atom is -0.314 e. The third-order valence-electron chi connectivity index (χ3n) is 4.66. The van der Waals surface area contributed by atoms with Crippen LogP contribution in [0.1, 0.15) is 44.7 Å². The van der Waals surface area contributed by atoms with Gasteiger partial charge in [0.15, 0.2) is 0 Å². The fourth-order valence-electron chi connectivity index (χ4n) is 3.38. The van der Waals surface area contributed by atoms with Gasteiger partial charge in [0.25, 0.3) is 0 Å². The second-order valence-corrected chi connectivity index (χ2v) is 7.36. The molecule has 1 aromatic heterocycles. The Morgan fingerprint density at radius 1 is 1.43 bits per heavy atom. The summed E-state index contributed by atoms with van der Waals surface area (Å²) in [6.07, 6.45) is 5.70. The van der Waals surface area contributed by atoms with Gasteiger partial charge in [-0.3, -0.25) is 4.68 Å². The van der Waals surface area contributed by atoms with Gasteiger partial charge in [0.2, 0.25) is 0 Å². The highest BCUT2D eigenvalue weighted by atomic mass is 79.9. The van der Waals surface area contributed by atoms with Crippen LogP contribution in [0.15, 0.2) is 10.7 Å². The Bertz CT molecular complexity index is 443. The van der Waals surface area contributed by atoms with Crippen LogP contribution in [0.5, 0.6) is 0 Å². The summed E-state index contributed by atoms with van der Waals surface area (Å²) in [5, 5.41) is 8.29. The van der Waals surface area contributed by atoms with E-state index in [0.717, 1.165) is 19.6 Å². The van der Waals surface area contributed by atoms with Gasteiger partial charge in [0.1, 0.15) is 0 Å². The second-order valence-electron chi connectivity index (χ2n) is 6.51. The number of hydrogen-bond donors (Lipinski definition) is 1. The molecule has 2 rings (SSSR count). The fourth-order valence-corrected chi connectivity index (χ4v) is 3.97. The number of aromatic nitrogens is 2. The smallest absolute Gasteiger partial charge is 0.0635 e. The fraction of sp³-hybridized carbons (Fsp3) is 0.812. The number of halogens is 1. The maximum atomic E-state index is 4.58. The first-order valence-corrected chi connectivity index (χ1v) is 8.93. The molecule has 0 radical (unpaired) electrons. The van der Waals surface area contributed by atoms with Crippen LogP contribution in [0.3, 0.4) is 0 Å². The van der Waals surface area contributed by atoms with E-state index in [-0.39, 0.29) is 0 Å². The van der Waals surface area contributed by atoms with E-state index < -0.39 is 0 Å². The lowest BCUT2D eigenvalue weighted by Gasteiger charge is -2.23. The molecule has 21 heavy (non-hydrogen) atoms. The van der Waals surface area contributed by atoms with E-state index in [1.807, 2.05) is 6.20 Å². The van der Waals surface area contributed by atoms with Crippen LogP contribution in [0, 0.1) is 5.92 Å². The van der Waals surface area contributed by atoms with E-state index in [9.17, 15) is 0 Å². The molecule has 0 aliphatic heterocycles. The van der Waals surface area contributed by atoms with Gasteiger partial charge in [-0.1, -0.05) is 13.8 Å². The minimum absolute atomic E-state index is 0.610. The van der Waals surface area contributed by atoms with Crippen LogP contribution in [-0.2, 0) is 6.54 Å². The molecule has 0 aromatic carbocycles. The zero-order valence-corrected chi connectivity index (χ0v) is 15.4. The second kappa shape index (κ2) is 7.75. The van der Waals surface area contributed by atoms with Gasteiger partial charge in [-0.25, -0.2) is 0 Å². The number of nitrogens with zero attached hydrogens (tertiary/aromatic N) is 3. The van der Waals surface area contributed by atoms with Crippen molar-refractivity contribution in [2.24, 2.45) is 5.92 Å². The molecular formula is C16H29BrN4. The Balaban J connectivity index is 2.09. The predicted octanol–water partition coefficient (Wildman–Crippen LogP) is 3.09. The number of likely N-dealkylation sites (N-methyl/N-ethyl adjacent to an activating group) is 1. The standard InChI is InChI=1S/C16H29BrN4/c1-5-8-18-15-7-6-13(12(15)2)16-14(17)11-19-21(16)10-9-20(3)4/h11-13,15,18H,5-10H2,1-4H3. The highest BCUT2D eigenvalue weighted by molar-refractivity contribution is 9.10. The molecule has 120 valence electrons. The van der Waals surface area contributed by atoms with Crippen molar-refractivity contribution in [3.8, 4) is 0 Å². The first-order valence-electron chi connectivity index (χ1n) is 8.13. The molecule has 4 nitrogen and oxygen atoms in total. The average Bonchev–Trinajstić information content (AvgIpc) is 2.97. The van der Waals surface area contributed by atoms with E-state index in [2.05, 4.69) is 63.9 Å². The molecule has 5 heteroatoms. The molecule has 1 aromatic rings. The monoisotopic (exact) mass is 356 g/mol. The first-order chi connectivity index (χ1) is 10.0. The summed E-state index contributed by atoms with van der Waals surface area (Å²) in [4.78, 5) is 2.21. The van der Waals surface area contributed by atoms with Crippen LogP contribution in [0.4, 0.5) is 0 Å². The summed E-state index contributed by atoms with van der Waals surface area (Å²) in [6, 6.07) is 0.652. The largest absolute Gasteiger partial charge is 0.314 e. The summed E-state index contributed by atoms with van der Waals surface area (Å²) in [5.41, 5.74) is 1.39. The van der Waals surface area contributed by atoms with Gasteiger partial charge in [0, 0.05) is 18.5 Å². The van der Waals surface area contributed by atoms with Crippen molar-refractivity contribution < 1.29 is 0 Å². The highest BCUT2D eigenvalue weighted by Gasteiger charge is 2.36. The Labute approximate surface area is 137 Å². The molecule has 1 N–H and O–H groups in total. The summed E-state index contributed by atoms with van der Waals surface area (Å²) < 4.78 is 3.38. The zero-order valence-electron chi connectivity index (χ0n) is 13.8. The van der Waals surface area contributed by atoms with E-state index >= 15 is 0 Å². The van der Waals surface area contributed by atoms with Crippen LogP contribution in [0.2, 0.25) is 0 Å². The average molecular weight is 357 g/mol. The summed E-state index contributed by atoms with van der Waals surface area (Å²) >= 11 is 3.72. The minimum atomic E-state index is 0.610. The van der Waals surface area contributed by atoms with E-state index in [1.165, 1.54) is 29.4 Å². The van der Waals surface area contributed by atoms with Crippen LogP contribution < -0.4 is 5.32 Å². The molecule has 3 unspecified atom stereocenters. The van der Waals surface area contributed by atoms with Crippen LogP contribution in [0.25, 0.3) is 0 Å². The molecule has 1 heterocycles. The first kappa shape index (κ1) is 17.0. The molecule has 1 aliphatic rings. The summed E-state index contributed by atoms with van der Waals surface area (Å²) in [6.45, 7) is 7.74. The molecule has 1 fully saturated rings. The SMILES string of the molecule is CCCNC1CCC(c2c(Br)cnn2CCN(C)C)C1C. The molecule has 1 aliphatic carbocycles. The molecule has 0 spiro atoms. The van der Waals surface area contributed by atoms with Crippen molar-refractivity contribution in [3.05, 3.63) is 16.4 Å². The molecule has 0 saturated heterocycles. The zero-order chi connectivity index (χ0) is 15.4. The maximum Gasteiger partial charge on any atom is 0.0635 e. The van der Waals surface area contributed by atoms with Crippen molar-refractivity contribution in [1.82, 2.24) is 20.0 Å². The van der Waals surface area contributed by atoms with Gasteiger partial charge < -0.3 is 10.2 Å². The number of nitrogens with one attached hydrogen (secondary N) is 1. The van der Waals surface area contributed by atoms with Crippen molar-refractivity contribution in [2.45, 2.75) is 51.6 Å². The van der Waals surface area contributed by atoms with Crippen molar-refractivity contribution in [2.75, 3.05) is 27.2 Å². The molecule has 3 atom stereocenters. The van der Waals surface area contributed by atoms with Gasteiger partial charge in [0.05, 0.1) is 22.9 Å².